The van der Waals surface area contributed by atoms with E-state index < -0.39 is 58.2 Å². The first-order valence-corrected chi connectivity index (χ1v) is 19.9. The van der Waals surface area contributed by atoms with Crippen LogP contribution >= 0.6 is 0 Å². The first-order chi connectivity index (χ1) is 28.0. The van der Waals surface area contributed by atoms with Gasteiger partial charge in [0.1, 0.15) is 29.4 Å². The number of anilines is 2. The number of carbonyl (C=O) groups excluding carboxylic acids is 5. The van der Waals surface area contributed by atoms with Crippen LogP contribution in [0.15, 0.2) is 47.4 Å². The van der Waals surface area contributed by atoms with Crippen molar-refractivity contribution in [2.45, 2.75) is 85.0 Å². The first kappa shape index (κ1) is 43.9. The minimum absolute atomic E-state index is 0.0267. The number of hydrogen-bond donors (Lipinski definition) is 6. The summed E-state index contributed by atoms with van der Waals surface area (Å²) in [5.74, 6) is -3.30. The summed E-state index contributed by atoms with van der Waals surface area (Å²) < 4.78 is 22.5. The lowest BCUT2D eigenvalue weighted by atomic mass is 9.67. The maximum atomic E-state index is 15.3. The standard InChI is InChI=1S/C41H53FN8O9/c1-5-48-22-29(36(53)54)34(51)28-20-30(42)33(21-32(28)48)49-16-18-50(19-17-49)40(58)59-23-26-9-11-27(12-10-26)46-35(52)31(8-6-15-44-39(43)57)47-38(56)41(13-7-14-41)37(55)45-25(4)24(2)3/h9-12,20-22,24-25,31H,5-8,13-19,23H2,1-4H3,(H,45,55)(H,46,52)(H,47,56)(H,53,54)(H3,43,44,57)/t25-,31+/m1/s1. The van der Waals surface area contributed by atoms with E-state index >= 15 is 4.39 Å². The van der Waals surface area contributed by atoms with Crippen LogP contribution in [0.3, 0.4) is 0 Å². The Labute approximate surface area is 340 Å². The highest BCUT2D eigenvalue weighted by Crippen LogP contribution is 2.42. The molecule has 17 nitrogen and oxygen atoms in total. The van der Waals surface area contributed by atoms with Crippen molar-refractivity contribution in [2.24, 2.45) is 17.1 Å². The number of halogens is 1. The largest absolute Gasteiger partial charge is 0.477 e. The number of ether oxygens (including phenoxy) is 1. The van der Waals surface area contributed by atoms with Gasteiger partial charge < -0.3 is 51.2 Å². The van der Waals surface area contributed by atoms with Gasteiger partial charge in [-0.2, -0.15) is 0 Å². The quantitative estimate of drug-likeness (QED) is 0.0909. The summed E-state index contributed by atoms with van der Waals surface area (Å²) in [4.78, 5) is 92.1. The van der Waals surface area contributed by atoms with Gasteiger partial charge >= 0.3 is 18.1 Å². The second kappa shape index (κ2) is 19.0. The number of nitrogens with zero attached hydrogens (tertiary/aromatic N) is 3. The number of amides is 6. The number of carboxylic acids is 1. The molecule has 2 atom stereocenters. The van der Waals surface area contributed by atoms with E-state index in [9.17, 15) is 38.7 Å². The minimum Gasteiger partial charge on any atom is -0.477 e. The Morgan fingerprint density at radius 3 is 2.20 bits per heavy atom. The topological polar surface area (TPSA) is 234 Å². The number of nitrogens with one attached hydrogen (secondary N) is 4. The summed E-state index contributed by atoms with van der Waals surface area (Å²) in [6.45, 7) is 9.12. The maximum absolute atomic E-state index is 15.3. The second-order valence-corrected chi connectivity index (χ2v) is 15.4. The number of pyridine rings is 1. The van der Waals surface area contributed by atoms with Gasteiger partial charge in [0.05, 0.1) is 11.2 Å². The molecule has 0 unspecified atom stereocenters. The van der Waals surface area contributed by atoms with Gasteiger partial charge in [0.2, 0.25) is 23.2 Å². The number of benzene rings is 2. The summed E-state index contributed by atoms with van der Waals surface area (Å²) in [5.41, 5.74) is 4.40. The molecule has 2 aliphatic rings. The van der Waals surface area contributed by atoms with Crippen LogP contribution in [0.5, 0.6) is 0 Å². The van der Waals surface area contributed by atoms with Crippen molar-refractivity contribution in [3.05, 3.63) is 69.8 Å². The SMILES string of the molecule is CCn1cc(C(=O)O)c(=O)c2cc(F)c(N3CCN(C(=O)OCc4ccc(NC(=O)[C@H](CCCNC(N)=O)NC(=O)C5(C(=O)N[C@H](C)C(C)C)CCC5)cc4)CC3)cc21. The van der Waals surface area contributed by atoms with E-state index in [-0.39, 0.29) is 74.7 Å². The van der Waals surface area contributed by atoms with Gasteiger partial charge in [-0.15, -0.1) is 0 Å². The monoisotopic (exact) mass is 820 g/mol. The molecule has 1 saturated heterocycles. The summed E-state index contributed by atoms with van der Waals surface area (Å²) in [6.07, 6.45) is 2.60. The molecule has 3 aromatic rings. The van der Waals surface area contributed by atoms with E-state index in [1.807, 2.05) is 20.8 Å². The number of carboxylic acid groups (broad SMARTS) is 1. The van der Waals surface area contributed by atoms with Crippen LogP contribution in [0.25, 0.3) is 10.9 Å². The Morgan fingerprint density at radius 1 is 0.966 bits per heavy atom. The molecule has 1 aliphatic carbocycles. The number of carbonyl (C=O) groups is 6. The molecule has 318 valence electrons. The van der Waals surface area contributed by atoms with Crippen molar-refractivity contribution in [2.75, 3.05) is 42.9 Å². The number of hydrogen-bond acceptors (Lipinski definition) is 9. The fourth-order valence-corrected chi connectivity index (χ4v) is 7.02. The van der Waals surface area contributed by atoms with Crippen LogP contribution in [0.4, 0.5) is 25.4 Å². The minimum atomic E-state index is -1.39. The van der Waals surface area contributed by atoms with E-state index in [4.69, 9.17) is 10.5 Å². The van der Waals surface area contributed by atoms with E-state index in [2.05, 4.69) is 21.3 Å². The van der Waals surface area contributed by atoms with E-state index in [0.29, 0.717) is 49.0 Å². The van der Waals surface area contributed by atoms with Gasteiger partial charge in [-0.05, 0) is 75.3 Å². The molecule has 2 fully saturated rings. The Balaban J connectivity index is 1.15. The van der Waals surface area contributed by atoms with Crippen molar-refractivity contribution >= 4 is 58.1 Å². The molecular formula is C41H53FN8O9. The summed E-state index contributed by atoms with van der Waals surface area (Å²) in [5, 5.41) is 20.4. The van der Waals surface area contributed by atoms with Crippen LogP contribution < -0.4 is 37.3 Å². The molecule has 7 N–H and O–H groups in total. The van der Waals surface area contributed by atoms with Gasteiger partial charge in [-0.25, -0.2) is 18.8 Å². The lowest BCUT2D eigenvalue weighted by Gasteiger charge is -2.40. The predicted octanol–water partition coefficient (Wildman–Crippen LogP) is 3.52. The van der Waals surface area contributed by atoms with Crippen molar-refractivity contribution in [1.82, 2.24) is 25.4 Å². The molecule has 0 bridgehead atoms. The molecule has 0 radical (unpaired) electrons. The van der Waals surface area contributed by atoms with Gasteiger partial charge in [-0.1, -0.05) is 32.4 Å². The molecule has 1 aromatic heterocycles. The lowest BCUT2D eigenvalue weighted by Crippen LogP contribution is -2.59. The Bertz CT molecular complexity index is 2130. The highest BCUT2D eigenvalue weighted by atomic mass is 19.1. The van der Waals surface area contributed by atoms with Crippen molar-refractivity contribution in [1.29, 1.82) is 0 Å². The third-order valence-corrected chi connectivity index (χ3v) is 11.2. The van der Waals surface area contributed by atoms with Gasteiger partial charge in [0, 0.05) is 62.6 Å². The molecule has 1 aliphatic heterocycles. The Hall–Kier alpha value is -6.20. The highest BCUT2D eigenvalue weighted by Gasteiger charge is 2.51. The zero-order valence-electron chi connectivity index (χ0n) is 33.8. The number of primary amides is 1. The Morgan fingerprint density at radius 2 is 1.63 bits per heavy atom. The fraction of sp³-hybridized carbons (Fsp3) is 0.488. The number of rotatable bonds is 16. The number of urea groups is 1. The fourth-order valence-electron chi connectivity index (χ4n) is 7.02. The predicted molar refractivity (Wildman–Crippen MR) is 217 cm³/mol. The van der Waals surface area contributed by atoms with Crippen molar-refractivity contribution in [3.63, 3.8) is 0 Å². The smallest absolute Gasteiger partial charge is 0.410 e. The number of aromatic carboxylic acids is 1. The van der Waals surface area contributed by atoms with Gasteiger partial charge in [0.15, 0.2) is 0 Å². The van der Waals surface area contributed by atoms with Gasteiger partial charge in [0.25, 0.3) is 0 Å². The molecule has 2 aromatic carbocycles. The van der Waals surface area contributed by atoms with Crippen LogP contribution in [0.1, 0.15) is 75.7 Å². The third-order valence-electron chi connectivity index (χ3n) is 11.2. The lowest BCUT2D eigenvalue weighted by molar-refractivity contribution is -0.151. The number of fused-ring (bicyclic) bond motifs is 1. The van der Waals surface area contributed by atoms with Crippen LogP contribution in [0, 0.1) is 17.2 Å². The Kier molecular flexibility index (Phi) is 14.2. The summed E-state index contributed by atoms with van der Waals surface area (Å²) in [6, 6.07) is 7.31. The normalized spacial score (nSPS) is 15.8. The molecule has 59 heavy (non-hydrogen) atoms. The highest BCUT2D eigenvalue weighted by molar-refractivity contribution is 6.08. The molecule has 18 heteroatoms. The van der Waals surface area contributed by atoms with Crippen LogP contribution in [-0.2, 0) is 32.3 Å². The van der Waals surface area contributed by atoms with E-state index in [1.165, 1.54) is 17.2 Å². The maximum Gasteiger partial charge on any atom is 0.410 e. The molecule has 0 spiro atoms. The first-order valence-electron chi connectivity index (χ1n) is 19.9. The van der Waals surface area contributed by atoms with E-state index in [0.717, 1.165) is 6.07 Å². The average molecular weight is 821 g/mol. The summed E-state index contributed by atoms with van der Waals surface area (Å²) >= 11 is 0. The van der Waals surface area contributed by atoms with Crippen molar-refractivity contribution in [3.8, 4) is 0 Å². The number of aromatic nitrogens is 1. The zero-order chi connectivity index (χ0) is 43.0. The third kappa shape index (κ3) is 10.3. The van der Waals surface area contributed by atoms with Crippen molar-refractivity contribution < 1.29 is 43.0 Å². The summed E-state index contributed by atoms with van der Waals surface area (Å²) in [7, 11) is 0. The second-order valence-electron chi connectivity index (χ2n) is 15.4. The number of nitrogens with two attached hydrogens (primary N) is 1. The van der Waals surface area contributed by atoms with Crippen LogP contribution in [-0.4, -0.2) is 95.2 Å². The van der Waals surface area contributed by atoms with E-state index in [1.54, 1.807) is 40.7 Å². The molecule has 5 rings (SSSR count). The average Bonchev–Trinajstić information content (AvgIpc) is 3.18. The molecule has 1 saturated carbocycles. The molecule has 6 amide bonds. The van der Waals surface area contributed by atoms with Crippen LogP contribution in [0.2, 0.25) is 0 Å². The molecule has 2 heterocycles. The zero-order valence-corrected chi connectivity index (χ0v) is 33.8. The number of aryl methyl sites for hydroxylation is 1. The number of piperazine rings is 1. The van der Waals surface area contributed by atoms with Gasteiger partial charge in [-0.3, -0.25) is 19.2 Å². The molecular weight excluding hydrogens is 767 g/mol.